The zero-order chi connectivity index (χ0) is 22.1. The van der Waals surface area contributed by atoms with Gasteiger partial charge in [-0.1, -0.05) is 42.5 Å². The smallest absolute Gasteiger partial charge is 0.345 e. The Bertz CT molecular complexity index is 1510. The Hall–Kier alpha value is -4.25. The summed E-state index contributed by atoms with van der Waals surface area (Å²) in [6.07, 6.45) is 3.63. The Morgan fingerprint density at radius 1 is 0.906 bits per heavy atom. The van der Waals surface area contributed by atoms with Gasteiger partial charge in [0, 0.05) is 23.4 Å². The average molecular weight is 419 g/mol. The molecular weight excluding hydrogens is 398 g/mol. The summed E-state index contributed by atoms with van der Waals surface area (Å²) in [4.78, 5) is 17.5. The zero-order valence-electron chi connectivity index (χ0n) is 17.8. The van der Waals surface area contributed by atoms with E-state index in [9.17, 15) is 4.79 Å². The second-order valence-electron chi connectivity index (χ2n) is 7.73. The van der Waals surface area contributed by atoms with E-state index in [1.807, 2.05) is 79.0 Å². The molecule has 0 aliphatic carbocycles. The summed E-state index contributed by atoms with van der Waals surface area (Å²) < 4.78 is 7.32. The van der Waals surface area contributed by atoms with E-state index in [2.05, 4.69) is 18.8 Å². The average Bonchev–Trinajstić information content (AvgIpc) is 3.24. The SMILES string of the molecule is Cc1ccc(N=Cc2cn(-c3ccccc3)nc2-c2cc3ccccc3oc2=O)cc1C. The first-order valence-electron chi connectivity index (χ1n) is 10.4. The highest BCUT2D eigenvalue weighted by Crippen LogP contribution is 2.25. The van der Waals surface area contributed by atoms with Crippen LogP contribution in [0.1, 0.15) is 16.7 Å². The Morgan fingerprint density at radius 3 is 2.50 bits per heavy atom. The fraction of sp³-hybridized carbons (Fsp3) is 0.0741. The Kier molecular flexibility index (Phi) is 5.00. The predicted octanol–water partition coefficient (Wildman–Crippen LogP) is 6.01. The van der Waals surface area contributed by atoms with Crippen LogP contribution in [0.3, 0.4) is 0 Å². The molecule has 0 atom stereocenters. The molecule has 0 aliphatic heterocycles. The van der Waals surface area contributed by atoms with Gasteiger partial charge in [-0.2, -0.15) is 5.10 Å². The molecule has 0 amide bonds. The molecule has 0 aliphatic rings. The van der Waals surface area contributed by atoms with Crippen molar-refractivity contribution in [1.29, 1.82) is 0 Å². The molecule has 5 nitrogen and oxygen atoms in total. The number of para-hydroxylation sites is 2. The maximum atomic E-state index is 12.8. The van der Waals surface area contributed by atoms with Crippen molar-refractivity contribution in [3.8, 4) is 16.9 Å². The number of hydrogen-bond donors (Lipinski definition) is 0. The van der Waals surface area contributed by atoms with Crippen molar-refractivity contribution in [2.45, 2.75) is 13.8 Å². The number of hydrogen-bond acceptors (Lipinski definition) is 4. The van der Waals surface area contributed by atoms with Crippen LogP contribution in [0.4, 0.5) is 5.69 Å². The number of benzene rings is 3. The predicted molar refractivity (Wildman–Crippen MR) is 128 cm³/mol. The molecule has 3 aromatic carbocycles. The zero-order valence-corrected chi connectivity index (χ0v) is 17.8. The van der Waals surface area contributed by atoms with Crippen molar-refractivity contribution in [2.24, 2.45) is 4.99 Å². The van der Waals surface area contributed by atoms with Crippen LogP contribution in [-0.2, 0) is 0 Å². The third kappa shape index (κ3) is 3.76. The second-order valence-corrected chi connectivity index (χ2v) is 7.73. The molecule has 5 aromatic rings. The van der Waals surface area contributed by atoms with Gasteiger partial charge in [-0.3, -0.25) is 4.99 Å². The standard InChI is InChI=1S/C27H21N3O2/c1-18-12-13-22(14-19(18)2)28-16-21-17-30(23-9-4-3-5-10-23)29-26(21)24-15-20-8-6-7-11-25(20)32-27(24)31/h3-17H,1-2H3. The number of nitrogens with zero attached hydrogens (tertiary/aromatic N) is 3. The molecule has 2 aromatic heterocycles. The summed E-state index contributed by atoms with van der Waals surface area (Å²) in [5, 5.41) is 5.57. The summed E-state index contributed by atoms with van der Waals surface area (Å²) in [5.74, 6) is 0. The highest BCUT2D eigenvalue weighted by Gasteiger charge is 2.16. The Balaban J connectivity index is 1.66. The van der Waals surface area contributed by atoms with Crippen molar-refractivity contribution in [3.63, 3.8) is 0 Å². The monoisotopic (exact) mass is 419 g/mol. The molecular formula is C27H21N3O2. The summed E-state index contributed by atoms with van der Waals surface area (Å²) in [7, 11) is 0. The normalized spacial score (nSPS) is 11.4. The van der Waals surface area contributed by atoms with Gasteiger partial charge >= 0.3 is 5.63 Å². The van der Waals surface area contributed by atoms with E-state index in [0.29, 0.717) is 16.8 Å². The molecule has 5 heteroatoms. The minimum atomic E-state index is -0.428. The molecule has 156 valence electrons. The highest BCUT2D eigenvalue weighted by molar-refractivity contribution is 5.91. The van der Waals surface area contributed by atoms with Gasteiger partial charge in [-0.25, -0.2) is 9.48 Å². The van der Waals surface area contributed by atoms with E-state index in [1.165, 1.54) is 11.1 Å². The minimum Gasteiger partial charge on any atom is -0.422 e. The number of aromatic nitrogens is 2. The van der Waals surface area contributed by atoms with Gasteiger partial charge in [-0.15, -0.1) is 0 Å². The van der Waals surface area contributed by atoms with E-state index < -0.39 is 5.63 Å². The Labute approximate surface area is 185 Å². The number of aliphatic imine (C=N–C) groups is 1. The van der Waals surface area contributed by atoms with Crippen LogP contribution in [0.25, 0.3) is 27.9 Å². The summed E-state index contributed by atoms with van der Waals surface area (Å²) in [6.45, 7) is 4.14. The first kappa shape index (κ1) is 19.7. The maximum absolute atomic E-state index is 12.8. The Morgan fingerprint density at radius 2 is 1.69 bits per heavy atom. The van der Waals surface area contributed by atoms with E-state index in [0.717, 1.165) is 22.3 Å². The fourth-order valence-corrected chi connectivity index (χ4v) is 3.58. The number of fused-ring (bicyclic) bond motifs is 1. The quantitative estimate of drug-likeness (QED) is 0.265. The van der Waals surface area contributed by atoms with E-state index in [4.69, 9.17) is 9.52 Å². The summed E-state index contributed by atoms with van der Waals surface area (Å²) in [6, 6.07) is 25.1. The van der Waals surface area contributed by atoms with E-state index >= 15 is 0 Å². The van der Waals surface area contributed by atoms with Gasteiger partial charge in [0.25, 0.3) is 0 Å². The van der Waals surface area contributed by atoms with Crippen molar-refractivity contribution >= 4 is 22.9 Å². The first-order chi connectivity index (χ1) is 15.6. The highest BCUT2D eigenvalue weighted by atomic mass is 16.4. The lowest BCUT2D eigenvalue weighted by molar-refractivity contribution is 0.563. The molecule has 0 saturated heterocycles. The molecule has 0 fully saturated rings. The molecule has 0 bridgehead atoms. The number of rotatable bonds is 4. The van der Waals surface area contributed by atoms with Gasteiger partial charge in [0.15, 0.2) is 0 Å². The topological polar surface area (TPSA) is 60.4 Å². The van der Waals surface area contributed by atoms with Gasteiger partial charge in [-0.05, 0) is 61.4 Å². The first-order valence-corrected chi connectivity index (χ1v) is 10.4. The second kappa shape index (κ2) is 8.12. The summed E-state index contributed by atoms with van der Waals surface area (Å²) >= 11 is 0. The minimum absolute atomic E-state index is 0.403. The number of aryl methyl sites for hydroxylation is 2. The van der Waals surface area contributed by atoms with Crippen LogP contribution < -0.4 is 5.63 Å². The third-order valence-corrected chi connectivity index (χ3v) is 5.50. The molecule has 0 unspecified atom stereocenters. The van der Waals surface area contributed by atoms with Crippen molar-refractivity contribution < 1.29 is 4.42 Å². The maximum Gasteiger partial charge on any atom is 0.345 e. The molecule has 0 N–H and O–H groups in total. The lowest BCUT2D eigenvalue weighted by atomic mass is 10.1. The van der Waals surface area contributed by atoms with E-state index in [1.54, 1.807) is 17.0 Å². The van der Waals surface area contributed by atoms with Gasteiger partial charge in [0.2, 0.25) is 0 Å². The largest absolute Gasteiger partial charge is 0.422 e. The molecule has 0 spiro atoms. The van der Waals surface area contributed by atoms with Crippen LogP contribution in [0, 0.1) is 13.8 Å². The van der Waals surface area contributed by atoms with Crippen LogP contribution in [-0.4, -0.2) is 16.0 Å². The molecule has 0 saturated carbocycles. The van der Waals surface area contributed by atoms with Gasteiger partial charge in [0.1, 0.15) is 11.3 Å². The molecule has 5 rings (SSSR count). The molecule has 32 heavy (non-hydrogen) atoms. The van der Waals surface area contributed by atoms with Crippen LogP contribution in [0.2, 0.25) is 0 Å². The fourth-order valence-electron chi connectivity index (χ4n) is 3.58. The third-order valence-electron chi connectivity index (χ3n) is 5.50. The van der Waals surface area contributed by atoms with Crippen LogP contribution >= 0.6 is 0 Å². The lowest BCUT2D eigenvalue weighted by Gasteiger charge is -2.02. The van der Waals surface area contributed by atoms with Gasteiger partial charge < -0.3 is 4.42 Å². The van der Waals surface area contributed by atoms with Crippen molar-refractivity contribution in [1.82, 2.24) is 9.78 Å². The van der Waals surface area contributed by atoms with Crippen molar-refractivity contribution in [3.05, 3.63) is 112 Å². The molecule has 0 radical (unpaired) electrons. The lowest BCUT2D eigenvalue weighted by Crippen LogP contribution is -2.05. The van der Waals surface area contributed by atoms with Gasteiger partial charge in [0.05, 0.1) is 16.9 Å². The van der Waals surface area contributed by atoms with E-state index in [-0.39, 0.29) is 0 Å². The molecule has 2 heterocycles. The van der Waals surface area contributed by atoms with Crippen LogP contribution in [0.15, 0.2) is 99.3 Å². The van der Waals surface area contributed by atoms with Crippen LogP contribution in [0.5, 0.6) is 0 Å². The summed E-state index contributed by atoms with van der Waals surface area (Å²) in [5.41, 5.74) is 5.92. The van der Waals surface area contributed by atoms with Crippen molar-refractivity contribution in [2.75, 3.05) is 0 Å².